The predicted molar refractivity (Wildman–Crippen MR) is 109 cm³/mol. The first-order valence-corrected chi connectivity index (χ1v) is 9.93. The summed E-state index contributed by atoms with van der Waals surface area (Å²) in [4.78, 5) is 17.9. The Morgan fingerprint density at radius 2 is 1.64 bits per heavy atom. The van der Waals surface area contributed by atoms with Crippen LogP contribution in [0.25, 0.3) is 10.7 Å². The van der Waals surface area contributed by atoms with Gasteiger partial charge in [-0.25, -0.2) is 0 Å². The molecule has 0 radical (unpaired) electrons. The quantitative estimate of drug-likeness (QED) is 0.500. The van der Waals surface area contributed by atoms with Crippen molar-refractivity contribution in [3.8, 4) is 10.7 Å². The van der Waals surface area contributed by atoms with Gasteiger partial charge in [-0.3, -0.25) is 4.79 Å². The fourth-order valence-corrected chi connectivity index (χ4v) is 3.62. The fourth-order valence-electron chi connectivity index (χ4n) is 2.97. The largest absolute Gasteiger partial charge is 0.345 e. The van der Waals surface area contributed by atoms with Crippen LogP contribution in [-0.4, -0.2) is 16.0 Å². The van der Waals surface area contributed by atoms with Gasteiger partial charge in [-0.1, -0.05) is 71.9 Å². The Morgan fingerprint density at radius 3 is 2.25 bits per heavy atom. The van der Waals surface area contributed by atoms with Crippen LogP contribution in [0.4, 0.5) is 0 Å². The van der Waals surface area contributed by atoms with E-state index >= 15 is 0 Å². The molecule has 0 saturated heterocycles. The lowest BCUT2D eigenvalue weighted by Gasteiger charge is -2.19. The van der Waals surface area contributed by atoms with Crippen LogP contribution in [0, 0.1) is 0 Å². The molecule has 2 aromatic heterocycles. The highest BCUT2D eigenvalue weighted by molar-refractivity contribution is 7.13. The van der Waals surface area contributed by atoms with Crippen molar-refractivity contribution in [2.24, 2.45) is 0 Å². The summed E-state index contributed by atoms with van der Waals surface area (Å²) in [6.45, 7) is 0. The summed E-state index contributed by atoms with van der Waals surface area (Å²) in [7, 11) is 0. The number of aromatic nitrogens is 2. The van der Waals surface area contributed by atoms with E-state index in [-0.39, 0.29) is 18.4 Å². The van der Waals surface area contributed by atoms with Crippen LogP contribution in [-0.2, 0) is 11.2 Å². The Morgan fingerprint density at radius 1 is 0.964 bits per heavy atom. The number of carbonyl (C=O) groups is 1. The Balaban J connectivity index is 1.42. The predicted octanol–water partition coefficient (Wildman–Crippen LogP) is 4.64. The number of hydrogen-bond donors (Lipinski definition) is 1. The zero-order valence-electron chi connectivity index (χ0n) is 15.1. The maximum Gasteiger partial charge on any atom is 0.227 e. The van der Waals surface area contributed by atoms with Gasteiger partial charge in [0.15, 0.2) is 0 Å². The standard InChI is InChI=1S/C22H19N3O2S/c26-19(13-14-20-24-22(25-27-20)18-12-7-15-28-18)23-21(16-8-3-1-4-9-16)17-10-5-2-6-11-17/h1-12,15,21H,13-14H2,(H,23,26). The first kappa shape index (κ1) is 18.1. The van der Waals surface area contributed by atoms with Crippen molar-refractivity contribution in [3.05, 3.63) is 95.2 Å². The average molecular weight is 389 g/mol. The molecule has 6 heteroatoms. The Labute approximate surface area is 167 Å². The lowest BCUT2D eigenvalue weighted by Crippen LogP contribution is -2.29. The lowest BCUT2D eigenvalue weighted by molar-refractivity contribution is -0.121. The summed E-state index contributed by atoms with van der Waals surface area (Å²) in [6.07, 6.45) is 0.683. The van der Waals surface area contributed by atoms with Crippen molar-refractivity contribution in [1.82, 2.24) is 15.5 Å². The summed E-state index contributed by atoms with van der Waals surface area (Å²) in [5.41, 5.74) is 2.08. The molecule has 4 rings (SSSR count). The van der Waals surface area contributed by atoms with Gasteiger partial charge in [0.2, 0.25) is 17.6 Å². The highest BCUT2D eigenvalue weighted by Crippen LogP contribution is 2.23. The molecule has 0 aliphatic heterocycles. The van der Waals surface area contributed by atoms with Crippen molar-refractivity contribution in [3.63, 3.8) is 0 Å². The molecule has 0 spiro atoms. The van der Waals surface area contributed by atoms with E-state index in [9.17, 15) is 4.79 Å². The van der Waals surface area contributed by atoms with Crippen molar-refractivity contribution in [2.45, 2.75) is 18.9 Å². The van der Waals surface area contributed by atoms with Gasteiger partial charge in [0.05, 0.1) is 10.9 Å². The normalized spacial score (nSPS) is 10.9. The SMILES string of the molecule is O=C(CCc1nc(-c2cccs2)no1)NC(c1ccccc1)c1ccccc1. The van der Waals surface area contributed by atoms with Gasteiger partial charge in [-0.05, 0) is 22.6 Å². The van der Waals surface area contributed by atoms with E-state index in [1.54, 1.807) is 11.3 Å². The van der Waals surface area contributed by atoms with Crippen LogP contribution in [0.3, 0.4) is 0 Å². The molecule has 4 aromatic rings. The molecular weight excluding hydrogens is 370 g/mol. The number of nitrogens with one attached hydrogen (secondary N) is 1. The Bertz CT molecular complexity index is 975. The third-order valence-corrected chi connectivity index (χ3v) is 5.21. The molecule has 0 bridgehead atoms. The minimum Gasteiger partial charge on any atom is -0.345 e. The summed E-state index contributed by atoms with van der Waals surface area (Å²) >= 11 is 1.55. The van der Waals surface area contributed by atoms with E-state index in [1.165, 1.54) is 0 Å². The number of aryl methyl sites for hydroxylation is 1. The third-order valence-electron chi connectivity index (χ3n) is 4.35. The molecule has 0 aliphatic rings. The fraction of sp³-hybridized carbons (Fsp3) is 0.136. The molecule has 0 aliphatic carbocycles. The Kier molecular flexibility index (Phi) is 5.58. The number of carbonyl (C=O) groups excluding carboxylic acids is 1. The summed E-state index contributed by atoms with van der Waals surface area (Å²) in [5.74, 6) is 0.972. The number of amides is 1. The molecule has 0 unspecified atom stereocenters. The molecule has 140 valence electrons. The van der Waals surface area contributed by atoms with E-state index in [4.69, 9.17) is 4.52 Å². The number of nitrogens with zero attached hydrogens (tertiary/aromatic N) is 2. The molecule has 1 N–H and O–H groups in total. The molecule has 1 amide bonds. The Hall–Kier alpha value is -3.25. The van der Waals surface area contributed by atoms with Gasteiger partial charge in [-0.15, -0.1) is 11.3 Å². The monoisotopic (exact) mass is 389 g/mol. The molecule has 2 heterocycles. The van der Waals surface area contributed by atoms with Gasteiger partial charge in [-0.2, -0.15) is 4.98 Å². The van der Waals surface area contributed by atoms with E-state index in [0.717, 1.165) is 16.0 Å². The number of rotatable bonds is 7. The molecule has 0 saturated carbocycles. The number of thiophene rings is 1. The minimum atomic E-state index is -0.195. The second-order valence-electron chi connectivity index (χ2n) is 6.31. The summed E-state index contributed by atoms with van der Waals surface area (Å²) in [5, 5.41) is 9.08. The number of hydrogen-bond acceptors (Lipinski definition) is 5. The van der Waals surface area contributed by atoms with Gasteiger partial charge in [0.1, 0.15) is 0 Å². The van der Waals surface area contributed by atoms with E-state index in [1.807, 2.05) is 78.2 Å². The highest BCUT2D eigenvalue weighted by Gasteiger charge is 2.17. The van der Waals surface area contributed by atoms with Crippen LogP contribution < -0.4 is 5.32 Å². The topological polar surface area (TPSA) is 68.0 Å². The summed E-state index contributed by atoms with van der Waals surface area (Å²) < 4.78 is 5.28. The minimum absolute atomic E-state index is 0.0615. The second kappa shape index (κ2) is 8.63. The van der Waals surface area contributed by atoms with Crippen LogP contribution in [0.1, 0.15) is 29.5 Å². The first-order valence-electron chi connectivity index (χ1n) is 9.05. The zero-order chi connectivity index (χ0) is 19.2. The van der Waals surface area contributed by atoms with E-state index in [2.05, 4.69) is 15.5 Å². The van der Waals surface area contributed by atoms with Gasteiger partial charge in [0, 0.05) is 12.8 Å². The van der Waals surface area contributed by atoms with Crippen LogP contribution in [0.15, 0.2) is 82.7 Å². The van der Waals surface area contributed by atoms with Crippen molar-refractivity contribution in [1.29, 1.82) is 0 Å². The van der Waals surface area contributed by atoms with Crippen molar-refractivity contribution < 1.29 is 9.32 Å². The van der Waals surface area contributed by atoms with Crippen LogP contribution >= 0.6 is 11.3 Å². The van der Waals surface area contributed by atoms with Crippen LogP contribution in [0.2, 0.25) is 0 Å². The zero-order valence-corrected chi connectivity index (χ0v) is 15.9. The average Bonchev–Trinajstić information content (AvgIpc) is 3.43. The molecule has 0 fully saturated rings. The molecule has 5 nitrogen and oxygen atoms in total. The van der Waals surface area contributed by atoms with Gasteiger partial charge in [0.25, 0.3) is 0 Å². The maximum atomic E-state index is 12.6. The van der Waals surface area contributed by atoms with Gasteiger partial charge < -0.3 is 9.84 Å². The van der Waals surface area contributed by atoms with Crippen LogP contribution in [0.5, 0.6) is 0 Å². The third kappa shape index (κ3) is 4.35. The van der Waals surface area contributed by atoms with Crippen molar-refractivity contribution >= 4 is 17.2 Å². The maximum absolute atomic E-state index is 12.6. The molecule has 0 atom stereocenters. The summed E-state index contributed by atoms with van der Waals surface area (Å²) in [6, 6.07) is 23.6. The molecule has 28 heavy (non-hydrogen) atoms. The second-order valence-corrected chi connectivity index (χ2v) is 7.26. The first-order chi connectivity index (χ1) is 13.8. The number of benzene rings is 2. The smallest absolute Gasteiger partial charge is 0.227 e. The van der Waals surface area contributed by atoms with Gasteiger partial charge >= 0.3 is 0 Å². The molecule has 2 aromatic carbocycles. The lowest BCUT2D eigenvalue weighted by atomic mass is 9.98. The highest BCUT2D eigenvalue weighted by atomic mass is 32.1. The van der Waals surface area contributed by atoms with E-state index < -0.39 is 0 Å². The van der Waals surface area contributed by atoms with Crippen molar-refractivity contribution in [2.75, 3.05) is 0 Å². The molecular formula is C22H19N3O2S. The van der Waals surface area contributed by atoms with E-state index in [0.29, 0.717) is 18.1 Å².